The first-order valence-electron chi connectivity index (χ1n) is 11.9. The smallest absolute Gasteiger partial charge is 0.271 e. The first-order valence-corrected chi connectivity index (χ1v) is 11.9. The summed E-state index contributed by atoms with van der Waals surface area (Å²) < 4.78 is 12.7. The minimum absolute atomic E-state index is 0.0708. The van der Waals surface area contributed by atoms with E-state index in [0.717, 1.165) is 31.4 Å². The maximum Gasteiger partial charge on any atom is 0.271 e. The Morgan fingerprint density at radius 1 is 1.16 bits per heavy atom. The van der Waals surface area contributed by atoms with Gasteiger partial charge in [0, 0.05) is 26.3 Å². The third-order valence-corrected chi connectivity index (χ3v) is 6.94. The van der Waals surface area contributed by atoms with E-state index in [9.17, 15) is 9.59 Å². The normalized spacial score (nSPS) is 22.3. The molecular weight excluding hydrogens is 406 g/mol. The van der Waals surface area contributed by atoms with Gasteiger partial charge in [0.15, 0.2) is 0 Å². The summed E-state index contributed by atoms with van der Waals surface area (Å²) in [7, 11) is 1.65. The lowest BCUT2D eigenvalue weighted by Crippen LogP contribution is -2.65. The lowest BCUT2D eigenvalue weighted by atomic mass is 9.92. The van der Waals surface area contributed by atoms with Gasteiger partial charge in [-0.15, -0.1) is 0 Å². The van der Waals surface area contributed by atoms with Gasteiger partial charge in [0.25, 0.3) is 5.91 Å². The Morgan fingerprint density at radius 3 is 2.56 bits per heavy atom. The van der Waals surface area contributed by atoms with Gasteiger partial charge >= 0.3 is 0 Å². The SMILES string of the molecule is COCCCN1C(=O)c2ccc(-c3ccco3)n2C[C@]1(C)C(=O)NC1CCCCCCC1. The summed E-state index contributed by atoms with van der Waals surface area (Å²) in [5, 5.41) is 3.31. The van der Waals surface area contributed by atoms with Crippen LogP contribution >= 0.6 is 0 Å². The molecule has 2 aromatic heterocycles. The fourth-order valence-corrected chi connectivity index (χ4v) is 5.07. The highest BCUT2D eigenvalue weighted by Gasteiger charge is 2.48. The molecule has 0 radical (unpaired) electrons. The van der Waals surface area contributed by atoms with Gasteiger partial charge in [0.1, 0.15) is 17.0 Å². The van der Waals surface area contributed by atoms with Gasteiger partial charge < -0.3 is 23.9 Å². The Balaban J connectivity index is 1.63. The number of carbonyl (C=O) groups excluding carboxylic acids is 2. The second kappa shape index (κ2) is 9.94. The van der Waals surface area contributed by atoms with E-state index >= 15 is 0 Å². The molecule has 2 aliphatic rings. The molecular formula is C25H35N3O4. The lowest BCUT2D eigenvalue weighted by Gasteiger charge is -2.45. The number of aromatic nitrogens is 1. The van der Waals surface area contributed by atoms with Crippen molar-refractivity contribution in [2.75, 3.05) is 20.3 Å². The average molecular weight is 442 g/mol. The van der Waals surface area contributed by atoms with Crippen molar-refractivity contribution in [3.8, 4) is 11.5 Å². The zero-order valence-corrected chi connectivity index (χ0v) is 19.3. The van der Waals surface area contributed by atoms with E-state index in [0.29, 0.717) is 37.6 Å². The van der Waals surface area contributed by atoms with Gasteiger partial charge in [-0.25, -0.2) is 0 Å². The van der Waals surface area contributed by atoms with Crippen molar-refractivity contribution in [1.29, 1.82) is 0 Å². The number of furan rings is 1. The van der Waals surface area contributed by atoms with Crippen molar-refractivity contribution in [2.24, 2.45) is 0 Å². The molecule has 1 aliphatic heterocycles. The van der Waals surface area contributed by atoms with Gasteiger partial charge in [-0.05, 0) is 50.5 Å². The summed E-state index contributed by atoms with van der Waals surface area (Å²) in [5.41, 5.74) is 0.422. The van der Waals surface area contributed by atoms with Gasteiger partial charge in [0.05, 0.1) is 18.5 Å². The summed E-state index contributed by atoms with van der Waals surface area (Å²) >= 11 is 0. The van der Waals surface area contributed by atoms with Crippen molar-refractivity contribution >= 4 is 11.8 Å². The van der Waals surface area contributed by atoms with Crippen molar-refractivity contribution in [3.05, 3.63) is 36.2 Å². The van der Waals surface area contributed by atoms with Gasteiger partial charge in [-0.2, -0.15) is 0 Å². The third-order valence-electron chi connectivity index (χ3n) is 6.94. The zero-order valence-electron chi connectivity index (χ0n) is 19.3. The Labute approximate surface area is 190 Å². The molecule has 1 N–H and O–H groups in total. The van der Waals surface area contributed by atoms with E-state index in [-0.39, 0.29) is 17.9 Å². The molecule has 2 aromatic rings. The molecule has 0 aromatic carbocycles. The predicted molar refractivity (Wildman–Crippen MR) is 122 cm³/mol. The highest BCUT2D eigenvalue weighted by molar-refractivity contribution is 6.00. The Hall–Kier alpha value is -2.54. The number of rotatable bonds is 7. The molecule has 1 atom stereocenters. The quantitative estimate of drug-likeness (QED) is 0.653. The minimum atomic E-state index is -0.986. The van der Waals surface area contributed by atoms with Crippen LogP contribution in [-0.2, 0) is 16.1 Å². The van der Waals surface area contributed by atoms with Crippen LogP contribution in [0.25, 0.3) is 11.5 Å². The Bertz CT molecular complexity index is 912. The Morgan fingerprint density at radius 2 is 1.88 bits per heavy atom. The molecule has 1 fully saturated rings. The highest BCUT2D eigenvalue weighted by atomic mass is 16.5. The van der Waals surface area contributed by atoms with Crippen LogP contribution in [0.15, 0.2) is 34.9 Å². The standard InChI is InChI=1S/C25H35N3O4/c1-25(24(30)26-19-10-6-4-3-5-7-11-19)18-27-20(22-12-8-17-32-22)13-14-21(27)23(29)28(25)15-9-16-31-2/h8,12-14,17,19H,3-7,9-11,15-16,18H2,1-2H3,(H,26,30)/t25-/m1/s1. The second-order valence-corrected chi connectivity index (χ2v) is 9.26. The van der Waals surface area contributed by atoms with E-state index in [4.69, 9.17) is 9.15 Å². The van der Waals surface area contributed by atoms with E-state index in [1.165, 1.54) is 19.3 Å². The topological polar surface area (TPSA) is 76.7 Å². The summed E-state index contributed by atoms with van der Waals surface area (Å²) in [6.45, 7) is 3.30. The molecule has 0 saturated heterocycles. The molecule has 3 heterocycles. The Kier molecular flexibility index (Phi) is 7.04. The van der Waals surface area contributed by atoms with Gasteiger partial charge in [-0.1, -0.05) is 32.1 Å². The fourth-order valence-electron chi connectivity index (χ4n) is 5.07. The molecule has 1 aliphatic carbocycles. The van der Waals surface area contributed by atoms with Crippen LogP contribution in [0.2, 0.25) is 0 Å². The number of hydrogen-bond donors (Lipinski definition) is 1. The zero-order chi connectivity index (χ0) is 22.6. The maximum absolute atomic E-state index is 13.7. The van der Waals surface area contributed by atoms with Crippen LogP contribution in [-0.4, -0.2) is 53.1 Å². The monoisotopic (exact) mass is 441 g/mol. The number of ether oxygens (including phenoxy) is 1. The first kappa shape index (κ1) is 22.6. The van der Waals surface area contributed by atoms with Crippen LogP contribution in [0, 0.1) is 0 Å². The van der Waals surface area contributed by atoms with Crippen LogP contribution in [0.1, 0.15) is 68.8 Å². The summed E-state index contributed by atoms with van der Waals surface area (Å²) in [6.07, 6.45) is 10.3. The van der Waals surface area contributed by atoms with Crippen LogP contribution < -0.4 is 5.32 Å². The number of methoxy groups -OCH3 is 1. The van der Waals surface area contributed by atoms with Crippen molar-refractivity contribution in [2.45, 2.75) is 76.4 Å². The fraction of sp³-hybridized carbons (Fsp3) is 0.600. The minimum Gasteiger partial charge on any atom is -0.463 e. The average Bonchev–Trinajstić information content (AvgIpc) is 3.42. The molecule has 7 heteroatoms. The highest BCUT2D eigenvalue weighted by Crippen LogP contribution is 2.33. The van der Waals surface area contributed by atoms with Crippen molar-refractivity contribution in [3.63, 3.8) is 0 Å². The number of hydrogen-bond acceptors (Lipinski definition) is 4. The first-order chi connectivity index (χ1) is 15.5. The predicted octanol–water partition coefficient (Wildman–Crippen LogP) is 4.23. The molecule has 0 unspecified atom stereocenters. The molecule has 4 rings (SSSR count). The maximum atomic E-state index is 13.7. The summed E-state index contributed by atoms with van der Waals surface area (Å²) in [5.74, 6) is 0.499. The number of fused-ring (bicyclic) bond motifs is 1. The van der Waals surface area contributed by atoms with Gasteiger partial charge in [0.2, 0.25) is 5.91 Å². The van der Waals surface area contributed by atoms with Crippen molar-refractivity contribution in [1.82, 2.24) is 14.8 Å². The van der Waals surface area contributed by atoms with E-state index < -0.39 is 5.54 Å². The van der Waals surface area contributed by atoms with E-state index in [1.807, 2.05) is 35.8 Å². The molecule has 0 spiro atoms. The van der Waals surface area contributed by atoms with Gasteiger partial charge in [-0.3, -0.25) is 9.59 Å². The van der Waals surface area contributed by atoms with Crippen LogP contribution in [0.4, 0.5) is 0 Å². The number of nitrogens with zero attached hydrogens (tertiary/aromatic N) is 2. The number of carbonyl (C=O) groups is 2. The molecule has 1 saturated carbocycles. The van der Waals surface area contributed by atoms with E-state index in [2.05, 4.69) is 5.32 Å². The third kappa shape index (κ3) is 4.49. The summed E-state index contributed by atoms with van der Waals surface area (Å²) in [6, 6.07) is 7.61. The molecule has 2 amide bonds. The number of nitrogens with one attached hydrogen (secondary N) is 1. The van der Waals surface area contributed by atoms with Crippen molar-refractivity contribution < 1.29 is 18.7 Å². The van der Waals surface area contributed by atoms with Crippen LogP contribution in [0.5, 0.6) is 0 Å². The molecule has 0 bridgehead atoms. The molecule has 174 valence electrons. The number of amides is 2. The summed E-state index contributed by atoms with van der Waals surface area (Å²) in [4.78, 5) is 29.0. The largest absolute Gasteiger partial charge is 0.463 e. The molecule has 32 heavy (non-hydrogen) atoms. The van der Waals surface area contributed by atoms with E-state index in [1.54, 1.807) is 18.3 Å². The lowest BCUT2D eigenvalue weighted by molar-refractivity contribution is -0.133. The molecule has 7 nitrogen and oxygen atoms in total. The second-order valence-electron chi connectivity index (χ2n) is 9.26. The van der Waals surface area contributed by atoms with Crippen LogP contribution in [0.3, 0.4) is 0 Å².